The summed E-state index contributed by atoms with van der Waals surface area (Å²) in [6.07, 6.45) is 1.81. The Morgan fingerprint density at radius 3 is 2.78 bits per heavy atom. The first-order valence-electron chi connectivity index (χ1n) is 6.91. The molecule has 3 N–H and O–H groups in total. The number of anilines is 2. The average molecular weight is 312 g/mol. The molecular weight excluding hydrogens is 296 g/mol. The van der Waals surface area contributed by atoms with E-state index in [4.69, 9.17) is 15.7 Å². The number of aromatic nitrogens is 1. The zero-order valence-electron chi connectivity index (χ0n) is 12.8. The van der Waals surface area contributed by atoms with Crippen molar-refractivity contribution in [2.45, 2.75) is 13.3 Å². The minimum atomic E-state index is -0.646. The summed E-state index contributed by atoms with van der Waals surface area (Å²) in [6, 6.07) is 8.80. The van der Waals surface area contributed by atoms with E-state index in [1.165, 1.54) is 17.9 Å². The molecule has 0 aliphatic carbocycles. The Hall–Kier alpha value is -3.27. The van der Waals surface area contributed by atoms with Crippen LogP contribution < -0.4 is 11.1 Å². The van der Waals surface area contributed by atoms with E-state index in [-0.39, 0.29) is 22.9 Å². The Balaban J connectivity index is 2.54. The monoisotopic (exact) mass is 312 g/mol. The number of esters is 1. The highest BCUT2D eigenvalue weighted by atomic mass is 16.5. The lowest BCUT2D eigenvalue weighted by molar-refractivity contribution is -0.115. The molecular formula is C16H16N4O3. The molecule has 0 aliphatic rings. The molecule has 1 aromatic heterocycles. The molecule has 7 heteroatoms. The van der Waals surface area contributed by atoms with E-state index in [1.54, 1.807) is 31.2 Å². The minimum Gasteiger partial charge on any atom is -0.464 e. The van der Waals surface area contributed by atoms with Crippen LogP contribution in [0.15, 0.2) is 30.5 Å². The normalized spacial score (nSPS) is 9.96. The van der Waals surface area contributed by atoms with Crippen molar-refractivity contribution in [2.75, 3.05) is 18.2 Å². The number of nitrogens with two attached hydrogens (primary N) is 1. The van der Waals surface area contributed by atoms with Gasteiger partial charge in [0, 0.05) is 24.0 Å². The zero-order valence-corrected chi connectivity index (χ0v) is 12.8. The maximum absolute atomic E-state index is 12.0. The molecule has 118 valence electrons. The van der Waals surface area contributed by atoms with Gasteiger partial charge in [0.05, 0.1) is 18.4 Å². The van der Waals surface area contributed by atoms with E-state index < -0.39 is 5.97 Å². The number of carbonyl (C=O) groups excluding carboxylic acids is 2. The first-order valence-corrected chi connectivity index (χ1v) is 6.91. The molecule has 0 saturated carbocycles. The highest BCUT2D eigenvalue weighted by molar-refractivity contribution is 5.96. The van der Waals surface area contributed by atoms with Gasteiger partial charge in [0.2, 0.25) is 5.91 Å². The lowest BCUT2D eigenvalue weighted by Crippen LogP contribution is -2.12. The van der Waals surface area contributed by atoms with Crippen molar-refractivity contribution in [3.05, 3.63) is 41.7 Å². The molecule has 7 nitrogen and oxygen atoms in total. The molecule has 0 atom stereocenters. The van der Waals surface area contributed by atoms with Gasteiger partial charge in [-0.3, -0.25) is 4.79 Å². The second kappa shape index (κ2) is 6.66. The van der Waals surface area contributed by atoms with Crippen molar-refractivity contribution in [1.82, 2.24) is 4.57 Å². The van der Waals surface area contributed by atoms with Crippen molar-refractivity contribution in [1.29, 1.82) is 5.26 Å². The number of nitrogens with zero attached hydrogens (tertiary/aromatic N) is 2. The van der Waals surface area contributed by atoms with Crippen LogP contribution in [0.3, 0.4) is 0 Å². The summed E-state index contributed by atoms with van der Waals surface area (Å²) in [5.74, 6) is -0.771. The van der Waals surface area contributed by atoms with Crippen molar-refractivity contribution < 1.29 is 14.3 Å². The number of ether oxygens (including phenoxy) is 1. The van der Waals surface area contributed by atoms with Gasteiger partial charge in [-0.15, -0.1) is 0 Å². The largest absolute Gasteiger partial charge is 0.464 e. The quantitative estimate of drug-likeness (QED) is 0.840. The average Bonchev–Trinajstić information content (AvgIpc) is 2.90. The maximum Gasteiger partial charge on any atom is 0.357 e. The molecule has 0 aliphatic heterocycles. The van der Waals surface area contributed by atoms with Gasteiger partial charge in [0.15, 0.2) is 5.69 Å². The molecule has 0 fully saturated rings. The van der Waals surface area contributed by atoms with Gasteiger partial charge in [-0.05, 0) is 18.2 Å². The highest BCUT2D eigenvalue weighted by Crippen LogP contribution is 2.26. The second-order valence-corrected chi connectivity index (χ2v) is 4.73. The van der Waals surface area contributed by atoms with E-state index >= 15 is 0 Å². The first kappa shape index (κ1) is 16.1. The second-order valence-electron chi connectivity index (χ2n) is 4.73. The van der Waals surface area contributed by atoms with Crippen LogP contribution in [-0.4, -0.2) is 23.6 Å². The number of benzene rings is 1. The van der Waals surface area contributed by atoms with E-state index in [0.717, 1.165) is 0 Å². The van der Waals surface area contributed by atoms with Gasteiger partial charge in [-0.2, -0.15) is 5.26 Å². The fraction of sp³-hybridized carbons (Fsp3) is 0.188. The fourth-order valence-electron chi connectivity index (χ4n) is 2.10. The highest BCUT2D eigenvalue weighted by Gasteiger charge is 2.21. The van der Waals surface area contributed by atoms with Crippen LogP contribution in [0.1, 0.15) is 29.4 Å². The number of nitrogens with one attached hydrogen (secondary N) is 1. The molecule has 0 bridgehead atoms. The zero-order chi connectivity index (χ0) is 17.0. The first-order chi connectivity index (χ1) is 11.0. The number of nitrogen functional groups attached to an aromatic ring is 1. The van der Waals surface area contributed by atoms with E-state index in [2.05, 4.69) is 5.32 Å². The van der Waals surface area contributed by atoms with Gasteiger partial charge >= 0.3 is 5.97 Å². The number of methoxy groups -OCH3 is 1. The van der Waals surface area contributed by atoms with Crippen molar-refractivity contribution in [2.24, 2.45) is 0 Å². The lowest BCUT2D eigenvalue weighted by atomic mass is 10.2. The summed E-state index contributed by atoms with van der Waals surface area (Å²) in [5, 5.41) is 11.8. The number of nitriles is 1. The molecule has 23 heavy (non-hydrogen) atoms. The molecule has 0 radical (unpaired) electrons. The van der Waals surface area contributed by atoms with Crippen molar-refractivity contribution in [3.63, 3.8) is 0 Å². The summed E-state index contributed by atoms with van der Waals surface area (Å²) in [4.78, 5) is 23.5. The van der Waals surface area contributed by atoms with Gasteiger partial charge in [0.25, 0.3) is 0 Å². The molecule has 1 amide bonds. The number of rotatable bonds is 4. The summed E-state index contributed by atoms with van der Waals surface area (Å²) < 4.78 is 6.20. The Morgan fingerprint density at radius 2 is 2.17 bits per heavy atom. The third-order valence-corrected chi connectivity index (χ3v) is 3.27. The number of hydrogen-bond acceptors (Lipinski definition) is 5. The summed E-state index contributed by atoms with van der Waals surface area (Å²) in [5.41, 5.74) is 7.32. The van der Waals surface area contributed by atoms with Crippen LogP contribution in [0, 0.1) is 11.3 Å². The third kappa shape index (κ3) is 3.16. The van der Waals surface area contributed by atoms with Gasteiger partial charge in [0.1, 0.15) is 6.07 Å². The van der Waals surface area contributed by atoms with Gasteiger partial charge in [-0.25, -0.2) is 4.79 Å². The van der Waals surface area contributed by atoms with Crippen molar-refractivity contribution >= 4 is 23.3 Å². The van der Waals surface area contributed by atoms with Gasteiger partial charge < -0.3 is 20.4 Å². The van der Waals surface area contributed by atoms with E-state index in [0.29, 0.717) is 17.8 Å². The topological polar surface area (TPSA) is 110 Å². The Morgan fingerprint density at radius 1 is 1.43 bits per heavy atom. The Kier molecular flexibility index (Phi) is 4.66. The lowest BCUT2D eigenvalue weighted by Gasteiger charge is -2.10. The Bertz CT molecular complexity index is 802. The Labute approximate surface area is 133 Å². The maximum atomic E-state index is 12.0. The predicted molar refractivity (Wildman–Crippen MR) is 85.2 cm³/mol. The predicted octanol–water partition coefficient (Wildman–Crippen LogP) is 2.07. The van der Waals surface area contributed by atoms with E-state index in [9.17, 15) is 9.59 Å². The molecule has 2 aromatic rings. The molecule has 1 heterocycles. The van der Waals surface area contributed by atoms with Gasteiger partial charge in [-0.1, -0.05) is 13.0 Å². The molecule has 0 saturated heterocycles. The van der Waals surface area contributed by atoms with Crippen LogP contribution in [0.2, 0.25) is 0 Å². The summed E-state index contributed by atoms with van der Waals surface area (Å²) >= 11 is 0. The van der Waals surface area contributed by atoms with Crippen LogP contribution in [0.5, 0.6) is 0 Å². The number of hydrogen-bond donors (Lipinski definition) is 2. The molecule has 0 unspecified atom stereocenters. The van der Waals surface area contributed by atoms with Crippen LogP contribution >= 0.6 is 0 Å². The molecule has 0 spiro atoms. The van der Waals surface area contributed by atoms with Crippen LogP contribution in [0.25, 0.3) is 5.69 Å². The third-order valence-electron chi connectivity index (χ3n) is 3.27. The molecule has 1 aromatic carbocycles. The smallest absolute Gasteiger partial charge is 0.357 e. The van der Waals surface area contributed by atoms with E-state index in [1.807, 2.05) is 6.07 Å². The minimum absolute atomic E-state index is 0.0577. The van der Waals surface area contributed by atoms with Crippen LogP contribution in [-0.2, 0) is 9.53 Å². The standard InChI is InChI=1S/C16H16N4O3/c1-3-13(21)19-11-5-4-6-12(7-11)20-9-10(8-17)14(18)15(20)16(22)23-2/h4-7,9H,3,18H2,1-2H3,(H,19,21). The summed E-state index contributed by atoms with van der Waals surface area (Å²) in [6.45, 7) is 1.75. The number of amides is 1. The van der Waals surface area contributed by atoms with Crippen LogP contribution in [0.4, 0.5) is 11.4 Å². The SMILES string of the molecule is CCC(=O)Nc1cccc(-n2cc(C#N)c(N)c2C(=O)OC)c1. The molecule has 2 rings (SSSR count). The summed E-state index contributed by atoms with van der Waals surface area (Å²) in [7, 11) is 1.24. The fourth-order valence-corrected chi connectivity index (χ4v) is 2.10. The van der Waals surface area contributed by atoms with Crippen molar-refractivity contribution in [3.8, 4) is 11.8 Å². The number of carbonyl (C=O) groups is 2.